The van der Waals surface area contributed by atoms with Gasteiger partial charge in [-0.1, -0.05) is 11.8 Å². The zero-order valence-electron chi connectivity index (χ0n) is 8.86. The van der Waals surface area contributed by atoms with Crippen LogP contribution in [0.1, 0.15) is 5.56 Å². The molecule has 0 saturated carbocycles. The second kappa shape index (κ2) is 5.55. The van der Waals surface area contributed by atoms with Gasteiger partial charge in [0, 0.05) is 5.56 Å². The van der Waals surface area contributed by atoms with E-state index in [0.29, 0.717) is 6.54 Å². The van der Waals surface area contributed by atoms with Gasteiger partial charge in [0.05, 0.1) is 6.54 Å². The molecule has 0 radical (unpaired) electrons. The first-order valence-electron chi connectivity index (χ1n) is 4.61. The first kappa shape index (κ1) is 13.3. The molecular weight excluding hydrogens is 238 g/mol. The van der Waals surface area contributed by atoms with Crippen molar-refractivity contribution in [1.29, 1.82) is 0 Å². The minimum Gasteiger partial charge on any atom is -0.403 e. The molecule has 92 valence electrons. The lowest BCUT2D eigenvalue weighted by Gasteiger charge is -2.09. The predicted molar refractivity (Wildman–Crippen MR) is 53.9 cm³/mol. The van der Waals surface area contributed by atoms with E-state index in [2.05, 4.69) is 21.9 Å². The highest BCUT2D eigenvalue weighted by Crippen LogP contribution is 2.25. The van der Waals surface area contributed by atoms with Gasteiger partial charge in [0.15, 0.2) is 11.6 Å². The first-order chi connectivity index (χ1) is 7.92. The number of hydrogen-bond donors (Lipinski definition) is 1. The number of hydrogen-bond acceptors (Lipinski definition) is 2. The van der Waals surface area contributed by atoms with Gasteiger partial charge in [-0.3, -0.25) is 0 Å². The number of ether oxygens (including phenoxy) is 1. The van der Waals surface area contributed by atoms with Crippen molar-refractivity contribution in [1.82, 2.24) is 5.32 Å². The summed E-state index contributed by atoms with van der Waals surface area (Å²) in [5, 5.41) is 2.75. The van der Waals surface area contributed by atoms with Gasteiger partial charge in [-0.25, -0.2) is 4.39 Å². The Morgan fingerprint density at radius 1 is 1.35 bits per heavy atom. The van der Waals surface area contributed by atoms with Crippen LogP contribution < -0.4 is 10.1 Å². The maximum absolute atomic E-state index is 13.2. The van der Waals surface area contributed by atoms with Crippen molar-refractivity contribution < 1.29 is 22.3 Å². The fourth-order valence-electron chi connectivity index (χ4n) is 1.02. The summed E-state index contributed by atoms with van der Waals surface area (Å²) in [7, 11) is 1.69. The third-order valence-corrected chi connectivity index (χ3v) is 1.66. The minimum atomic E-state index is -4.90. The predicted octanol–water partition coefficient (Wildman–Crippen LogP) is 2.30. The molecule has 0 aliphatic heterocycles. The number of benzene rings is 1. The van der Waals surface area contributed by atoms with Crippen LogP contribution in [-0.2, 0) is 0 Å². The van der Waals surface area contributed by atoms with Crippen molar-refractivity contribution in [2.75, 3.05) is 13.6 Å². The zero-order chi connectivity index (χ0) is 12.9. The van der Waals surface area contributed by atoms with Gasteiger partial charge < -0.3 is 10.1 Å². The van der Waals surface area contributed by atoms with E-state index in [1.807, 2.05) is 0 Å². The van der Waals surface area contributed by atoms with E-state index in [1.54, 1.807) is 7.05 Å². The maximum atomic E-state index is 13.2. The van der Waals surface area contributed by atoms with E-state index < -0.39 is 17.9 Å². The molecule has 1 N–H and O–H groups in total. The lowest BCUT2D eigenvalue weighted by atomic mass is 10.2. The monoisotopic (exact) mass is 247 g/mol. The van der Waals surface area contributed by atoms with E-state index in [4.69, 9.17) is 0 Å². The molecule has 0 aliphatic carbocycles. The van der Waals surface area contributed by atoms with Gasteiger partial charge in [0.2, 0.25) is 0 Å². The van der Waals surface area contributed by atoms with Gasteiger partial charge >= 0.3 is 6.36 Å². The van der Waals surface area contributed by atoms with Crippen LogP contribution in [0.5, 0.6) is 5.75 Å². The number of nitrogens with one attached hydrogen (secondary N) is 1. The molecule has 0 fully saturated rings. The van der Waals surface area contributed by atoms with Gasteiger partial charge in [0.1, 0.15) is 0 Å². The summed E-state index contributed by atoms with van der Waals surface area (Å²) < 4.78 is 52.2. The van der Waals surface area contributed by atoms with Crippen LogP contribution in [0.2, 0.25) is 0 Å². The Hall–Kier alpha value is -1.74. The lowest BCUT2D eigenvalue weighted by molar-refractivity contribution is -0.275. The molecule has 0 saturated heterocycles. The Bertz CT molecular complexity index is 445. The SMILES string of the molecule is CNCC#Cc1ccc(OC(F)(F)F)c(F)c1. The summed E-state index contributed by atoms with van der Waals surface area (Å²) in [6.45, 7) is 0.405. The maximum Gasteiger partial charge on any atom is 0.573 e. The fraction of sp³-hybridized carbons (Fsp3) is 0.273. The molecule has 0 bridgehead atoms. The summed E-state index contributed by atoms with van der Waals surface area (Å²) >= 11 is 0. The molecule has 0 spiro atoms. The van der Waals surface area contributed by atoms with Crippen molar-refractivity contribution in [3.8, 4) is 17.6 Å². The lowest BCUT2D eigenvalue weighted by Crippen LogP contribution is -2.17. The minimum absolute atomic E-state index is 0.285. The molecule has 1 aromatic rings. The standard InChI is InChI=1S/C11H9F4NO/c1-16-6-2-3-8-4-5-10(9(12)7-8)17-11(13,14)15/h4-5,7,16H,6H2,1H3. The third-order valence-electron chi connectivity index (χ3n) is 1.66. The Labute approximate surface area is 95.6 Å². The summed E-state index contributed by atoms with van der Waals surface area (Å²) in [4.78, 5) is 0. The van der Waals surface area contributed by atoms with Crippen LogP contribution in [0.25, 0.3) is 0 Å². The summed E-state index contributed by atoms with van der Waals surface area (Å²) in [6, 6.07) is 3.04. The molecule has 2 nitrogen and oxygen atoms in total. The van der Waals surface area contributed by atoms with Crippen LogP contribution in [0.3, 0.4) is 0 Å². The molecule has 6 heteroatoms. The van der Waals surface area contributed by atoms with Crippen LogP contribution in [0.15, 0.2) is 18.2 Å². The van der Waals surface area contributed by atoms with Crippen molar-refractivity contribution in [2.24, 2.45) is 0 Å². The summed E-state index contributed by atoms with van der Waals surface area (Å²) in [5.41, 5.74) is 0.285. The zero-order valence-corrected chi connectivity index (χ0v) is 8.86. The Balaban J connectivity index is 2.84. The van der Waals surface area contributed by atoms with E-state index in [-0.39, 0.29) is 5.56 Å². The van der Waals surface area contributed by atoms with Crippen LogP contribution in [0.4, 0.5) is 17.6 Å². The molecule has 0 aliphatic rings. The van der Waals surface area contributed by atoms with Gasteiger partial charge in [-0.2, -0.15) is 0 Å². The Kier molecular flexibility index (Phi) is 4.35. The highest BCUT2D eigenvalue weighted by molar-refractivity contribution is 5.39. The van der Waals surface area contributed by atoms with E-state index in [0.717, 1.165) is 12.1 Å². The highest BCUT2D eigenvalue weighted by atomic mass is 19.4. The molecule has 1 aromatic carbocycles. The molecule has 0 atom stereocenters. The van der Waals surface area contributed by atoms with Crippen LogP contribution >= 0.6 is 0 Å². The number of alkyl halides is 3. The Morgan fingerprint density at radius 2 is 2.06 bits per heavy atom. The molecule has 0 aromatic heterocycles. The average molecular weight is 247 g/mol. The number of halogens is 4. The average Bonchev–Trinajstić information content (AvgIpc) is 2.21. The molecule has 17 heavy (non-hydrogen) atoms. The molecular formula is C11H9F4NO. The summed E-state index contributed by atoms with van der Waals surface area (Å²) in [6.07, 6.45) is -4.90. The van der Waals surface area contributed by atoms with Gasteiger partial charge in [-0.05, 0) is 25.2 Å². The quantitative estimate of drug-likeness (QED) is 0.639. The van der Waals surface area contributed by atoms with Crippen molar-refractivity contribution >= 4 is 0 Å². The van der Waals surface area contributed by atoms with Crippen molar-refractivity contribution in [3.05, 3.63) is 29.6 Å². The van der Waals surface area contributed by atoms with Crippen LogP contribution in [-0.4, -0.2) is 20.0 Å². The van der Waals surface area contributed by atoms with Gasteiger partial charge in [-0.15, -0.1) is 13.2 Å². The van der Waals surface area contributed by atoms with E-state index >= 15 is 0 Å². The summed E-state index contributed by atoms with van der Waals surface area (Å²) in [5.74, 6) is 3.28. The molecule has 0 unspecified atom stereocenters. The van der Waals surface area contributed by atoms with E-state index in [9.17, 15) is 17.6 Å². The number of rotatable bonds is 2. The normalized spacial score (nSPS) is 10.6. The fourth-order valence-corrected chi connectivity index (χ4v) is 1.02. The second-order valence-electron chi connectivity index (χ2n) is 3.03. The Morgan fingerprint density at radius 3 is 2.59 bits per heavy atom. The van der Waals surface area contributed by atoms with Crippen LogP contribution in [0, 0.1) is 17.7 Å². The van der Waals surface area contributed by atoms with Crippen molar-refractivity contribution in [3.63, 3.8) is 0 Å². The largest absolute Gasteiger partial charge is 0.573 e. The topological polar surface area (TPSA) is 21.3 Å². The van der Waals surface area contributed by atoms with Crippen molar-refractivity contribution in [2.45, 2.75) is 6.36 Å². The second-order valence-corrected chi connectivity index (χ2v) is 3.03. The van der Waals surface area contributed by atoms with Gasteiger partial charge in [0.25, 0.3) is 0 Å². The molecule has 0 heterocycles. The molecule has 1 rings (SSSR count). The van der Waals surface area contributed by atoms with E-state index in [1.165, 1.54) is 6.07 Å². The smallest absolute Gasteiger partial charge is 0.403 e. The molecule has 0 amide bonds. The third kappa shape index (κ3) is 4.74. The first-order valence-corrected chi connectivity index (χ1v) is 4.61. The highest BCUT2D eigenvalue weighted by Gasteiger charge is 2.32.